The lowest BCUT2D eigenvalue weighted by Gasteiger charge is -2.36. The second-order valence-corrected chi connectivity index (χ2v) is 16.4. The van der Waals surface area contributed by atoms with Crippen molar-refractivity contribution in [3.63, 3.8) is 0 Å². The molecule has 0 bridgehead atoms. The molecule has 52 heavy (non-hydrogen) atoms. The number of carbonyl (C=O) groups is 2. The molecule has 0 spiro atoms. The van der Waals surface area contributed by atoms with Crippen LogP contribution in [-0.4, -0.2) is 92.7 Å². The van der Waals surface area contributed by atoms with Crippen LogP contribution in [0, 0.1) is 0 Å². The summed E-state index contributed by atoms with van der Waals surface area (Å²) in [7, 11) is -3.95. The number of amidine groups is 1. The zero-order valence-electron chi connectivity index (χ0n) is 29.3. The Kier molecular flexibility index (Phi) is 11.0. The number of hydrogen-bond donors (Lipinski definition) is 1. The molecule has 0 aliphatic carbocycles. The molecule has 3 saturated heterocycles. The smallest absolute Gasteiger partial charge is 0.326 e. The van der Waals surface area contributed by atoms with E-state index in [-0.39, 0.29) is 23.2 Å². The van der Waals surface area contributed by atoms with Gasteiger partial charge in [-0.25, -0.2) is 13.2 Å². The van der Waals surface area contributed by atoms with Gasteiger partial charge < -0.3 is 19.9 Å². The number of rotatable bonds is 8. The number of piperidine rings is 2. The number of carbonyl (C=O) groups excluding carboxylic acids is 2. The van der Waals surface area contributed by atoms with Gasteiger partial charge in [0.1, 0.15) is 29.1 Å². The third-order valence-corrected chi connectivity index (χ3v) is 12.7. The molecule has 0 saturated carbocycles. The molecular weight excluding hydrogens is 723 g/mol. The molecule has 14 heteroatoms. The van der Waals surface area contributed by atoms with Gasteiger partial charge in [-0.15, -0.1) is 0 Å². The van der Waals surface area contributed by atoms with Gasteiger partial charge in [0.25, 0.3) is 0 Å². The first-order valence-electron chi connectivity index (χ1n) is 18.2. The van der Waals surface area contributed by atoms with Crippen LogP contribution in [0.15, 0.2) is 70.6 Å². The summed E-state index contributed by atoms with van der Waals surface area (Å²) in [4.78, 5) is 38.2. The lowest BCUT2D eigenvalue weighted by atomic mass is 9.93. The van der Waals surface area contributed by atoms with Crippen LogP contribution < -0.4 is 15.0 Å². The summed E-state index contributed by atoms with van der Waals surface area (Å²) in [6.45, 7) is 5.02. The van der Waals surface area contributed by atoms with Crippen molar-refractivity contribution in [2.75, 3.05) is 57.3 Å². The Morgan fingerprint density at radius 2 is 1.48 bits per heavy atom. The lowest BCUT2D eigenvalue weighted by Crippen LogP contribution is -2.55. The summed E-state index contributed by atoms with van der Waals surface area (Å²) >= 11 is 12.7. The fourth-order valence-electron chi connectivity index (χ4n) is 7.64. The Bertz CT molecular complexity index is 1930. The van der Waals surface area contributed by atoms with Crippen molar-refractivity contribution in [3.8, 4) is 5.75 Å². The summed E-state index contributed by atoms with van der Waals surface area (Å²) in [5.74, 6) is 0.435. The van der Waals surface area contributed by atoms with E-state index in [1.165, 1.54) is 4.90 Å². The summed E-state index contributed by atoms with van der Waals surface area (Å²) in [6.07, 6.45) is 5.58. The fraction of sp³-hybridized carbons (Fsp3) is 0.447. The number of sulfonamides is 1. The molecule has 276 valence electrons. The van der Waals surface area contributed by atoms with Crippen molar-refractivity contribution in [3.05, 3.63) is 87.4 Å². The minimum atomic E-state index is -3.95. The van der Waals surface area contributed by atoms with Gasteiger partial charge in [0.15, 0.2) is 0 Å². The minimum absolute atomic E-state index is 0.123. The zero-order valence-corrected chi connectivity index (χ0v) is 31.6. The average molecular weight is 768 g/mol. The summed E-state index contributed by atoms with van der Waals surface area (Å²) in [5.41, 5.74) is 2.56. The van der Waals surface area contributed by atoms with E-state index in [0.717, 1.165) is 62.7 Å². The monoisotopic (exact) mass is 766 g/mol. The van der Waals surface area contributed by atoms with Gasteiger partial charge in [-0.2, -0.15) is 4.31 Å². The Morgan fingerprint density at radius 3 is 2.10 bits per heavy atom. The highest BCUT2D eigenvalue weighted by atomic mass is 35.5. The Hall–Kier alpha value is -3.84. The van der Waals surface area contributed by atoms with E-state index < -0.39 is 28.1 Å². The SMILES string of the molecule is CCOc1cc(N2CCCCC2)c(S(=O)(=O)N2CCCCC2)cc1C1=N[C@H](c2ccc(Cl)cc2)[C@H](c2ccc(Cl)cc2)N1C(=O)N1CCNC(=O)C1. The number of urea groups is 1. The van der Waals surface area contributed by atoms with Gasteiger partial charge in [-0.05, 0) is 80.5 Å². The van der Waals surface area contributed by atoms with Crippen LogP contribution in [0.2, 0.25) is 10.0 Å². The molecule has 3 amide bonds. The van der Waals surface area contributed by atoms with Crippen molar-refractivity contribution in [1.29, 1.82) is 0 Å². The van der Waals surface area contributed by atoms with Gasteiger partial charge in [0.05, 0.1) is 23.9 Å². The van der Waals surface area contributed by atoms with Crippen LogP contribution in [-0.2, 0) is 14.8 Å². The minimum Gasteiger partial charge on any atom is -0.493 e. The quantitative estimate of drug-likeness (QED) is 0.275. The van der Waals surface area contributed by atoms with Crippen molar-refractivity contribution < 1.29 is 22.7 Å². The number of nitrogens with zero attached hydrogens (tertiary/aromatic N) is 5. The molecule has 11 nitrogen and oxygen atoms in total. The maximum absolute atomic E-state index is 14.9. The number of halogens is 2. The highest BCUT2D eigenvalue weighted by Gasteiger charge is 2.46. The van der Waals surface area contributed by atoms with Gasteiger partial charge in [0.2, 0.25) is 15.9 Å². The first-order valence-corrected chi connectivity index (χ1v) is 20.3. The Balaban J connectivity index is 1.46. The number of piperazine rings is 1. The van der Waals surface area contributed by atoms with E-state index in [9.17, 15) is 18.0 Å². The molecule has 7 rings (SSSR count). The molecule has 0 radical (unpaired) electrons. The predicted molar refractivity (Wildman–Crippen MR) is 203 cm³/mol. The molecule has 3 aromatic rings. The normalized spacial score (nSPS) is 21.6. The molecule has 4 heterocycles. The third kappa shape index (κ3) is 7.35. The van der Waals surface area contributed by atoms with E-state index in [4.69, 9.17) is 32.9 Å². The predicted octanol–water partition coefficient (Wildman–Crippen LogP) is 6.65. The molecule has 0 aromatic heterocycles. The third-order valence-electron chi connectivity index (χ3n) is 10.2. The molecule has 4 aliphatic heterocycles. The number of hydrogen-bond acceptors (Lipinski definition) is 7. The molecule has 3 aromatic carbocycles. The molecule has 2 atom stereocenters. The Labute approximate surface area is 315 Å². The van der Waals surface area contributed by atoms with Crippen LogP contribution in [0.25, 0.3) is 0 Å². The fourth-order valence-corrected chi connectivity index (χ4v) is 9.63. The number of benzene rings is 3. The number of anilines is 1. The van der Waals surface area contributed by atoms with Crippen LogP contribution in [0.3, 0.4) is 0 Å². The second-order valence-electron chi connectivity index (χ2n) is 13.6. The molecule has 4 aliphatic rings. The maximum atomic E-state index is 14.9. The highest BCUT2D eigenvalue weighted by Crippen LogP contribution is 2.47. The molecule has 3 fully saturated rings. The molecule has 1 N–H and O–H groups in total. The summed E-state index contributed by atoms with van der Waals surface area (Å²) in [5, 5.41) is 3.90. The molecular formula is C38H44Cl2N6O5S. The van der Waals surface area contributed by atoms with Crippen molar-refractivity contribution in [1.82, 2.24) is 19.4 Å². The van der Waals surface area contributed by atoms with Crippen LogP contribution in [0.4, 0.5) is 10.5 Å². The van der Waals surface area contributed by atoms with E-state index in [1.54, 1.807) is 39.5 Å². The van der Waals surface area contributed by atoms with Crippen molar-refractivity contribution >= 4 is 56.7 Å². The van der Waals surface area contributed by atoms with E-state index >= 15 is 0 Å². The number of amides is 3. The largest absolute Gasteiger partial charge is 0.493 e. The van der Waals surface area contributed by atoms with Crippen LogP contribution in [0.5, 0.6) is 5.75 Å². The lowest BCUT2D eigenvalue weighted by molar-refractivity contribution is -0.123. The van der Waals surface area contributed by atoms with Crippen molar-refractivity contribution in [2.24, 2.45) is 4.99 Å². The highest BCUT2D eigenvalue weighted by molar-refractivity contribution is 7.89. The number of aliphatic imine (C=N–C) groups is 1. The van der Waals surface area contributed by atoms with E-state index in [2.05, 4.69) is 10.2 Å². The number of ether oxygens (including phenoxy) is 1. The van der Waals surface area contributed by atoms with Gasteiger partial charge >= 0.3 is 6.03 Å². The topological polar surface area (TPSA) is 115 Å². The Morgan fingerprint density at radius 1 is 0.865 bits per heavy atom. The first-order chi connectivity index (χ1) is 25.2. The summed E-state index contributed by atoms with van der Waals surface area (Å²) < 4.78 is 37.3. The maximum Gasteiger partial charge on any atom is 0.326 e. The zero-order chi connectivity index (χ0) is 36.4. The first kappa shape index (κ1) is 36.5. The number of nitrogens with one attached hydrogen (secondary N) is 1. The standard InChI is InChI=1S/C38H44Cl2N6O5S/c1-2-51-32-24-31(43-18-5-3-6-19-43)33(52(49,50)45-20-7-4-8-21-45)23-30(32)37-42-35(26-9-13-28(39)14-10-26)36(27-11-15-29(40)16-12-27)46(37)38(48)44-22-17-41-34(47)25-44/h9-16,23-24,35-36H,2-8,17-22,25H2,1H3,(H,41,47)/t35-,36+/m1/s1. The van der Waals surface area contributed by atoms with Gasteiger partial charge in [-0.1, -0.05) is 53.9 Å². The average Bonchev–Trinajstić information content (AvgIpc) is 3.56. The second kappa shape index (κ2) is 15.6. The van der Waals surface area contributed by atoms with E-state index in [0.29, 0.717) is 59.8 Å². The molecule has 0 unspecified atom stereocenters. The van der Waals surface area contributed by atoms with Gasteiger partial charge in [-0.3, -0.25) is 14.7 Å². The van der Waals surface area contributed by atoms with Crippen LogP contribution >= 0.6 is 23.2 Å². The van der Waals surface area contributed by atoms with E-state index in [1.807, 2.05) is 37.3 Å². The van der Waals surface area contributed by atoms with Crippen molar-refractivity contribution in [2.45, 2.75) is 62.4 Å². The summed E-state index contributed by atoms with van der Waals surface area (Å²) in [6, 6.07) is 16.4. The van der Waals surface area contributed by atoms with Gasteiger partial charge in [0, 0.05) is 55.4 Å². The van der Waals surface area contributed by atoms with Crippen LogP contribution in [0.1, 0.15) is 74.2 Å².